The Morgan fingerprint density at radius 3 is 2.52 bits per heavy atom. The highest BCUT2D eigenvalue weighted by Gasteiger charge is 2.50. The molecule has 3 aromatic rings. The van der Waals surface area contributed by atoms with Crippen LogP contribution in [0.5, 0.6) is 5.75 Å². The third-order valence-corrected chi connectivity index (χ3v) is 7.68. The van der Waals surface area contributed by atoms with Crippen LogP contribution in [-0.2, 0) is 6.42 Å². The Hall–Kier alpha value is -3.27. The molecule has 5 rings (SSSR count). The van der Waals surface area contributed by atoms with Crippen LogP contribution in [0.2, 0.25) is 0 Å². The van der Waals surface area contributed by atoms with Crippen LogP contribution in [0.4, 0.5) is 4.39 Å². The Balaban J connectivity index is 1.57. The Kier molecular flexibility index (Phi) is 5.19. The number of benzene rings is 1. The van der Waals surface area contributed by atoms with Gasteiger partial charge in [0.15, 0.2) is 16.5 Å². The van der Waals surface area contributed by atoms with Gasteiger partial charge < -0.3 is 10.0 Å². The van der Waals surface area contributed by atoms with E-state index in [4.69, 9.17) is 0 Å². The molecular weight excluding hydrogens is 445 g/mol. The van der Waals surface area contributed by atoms with Crippen molar-refractivity contribution in [2.75, 3.05) is 18.6 Å². The number of rotatable bonds is 4. The molecule has 2 aromatic heterocycles. The van der Waals surface area contributed by atoms with Crippen molar-refractivity contribution >= 4 is 17.2 Å². The van der Waals surface area contributed by atoms with E-state index < -0.39 is 16.8 Å². The van der Waals surface area contributed by atoms with Gasteiger partial charge in [0.05, 0.1) is 5.56 Å². The molecule has 0 saturated heterocycles. The first kappa shape index (κ1) is 21.6. The van der Waals surface area contributed by atoms with Crippen molar-refractivity contribution in [1.29, 1.82) is 0 Å². The number of halogens is 1. The lowest BCUT2D eigenvalue weighted by Gasteiger charge is -2.52. The lowest BCUT2D eigenvalue weighted by molar-refractivity contribution is 0.0322. The number of hydrogen-bond acceptors (Lipinski definition) is 7. The highest BCUT2D eigenvalue weighted by Crippen LogP contribution is 2.41. The molecular formula is C23H24FN5O3S. The number of fused-ring (bicyclic) bond motifs is 1. The molecule has 1 N–H and O–H groups in total. The van der Waals surface area contributed by atoms with Gasteiger partial charge in [-0.05, 0) is 50.3 Å². The fraction of sp³-hybridized carbons (Fsp3) is 0.391. The third kappa shape index (κ3) is 3.31. The summed E-state index contributed by atoms with van der Waals surface area (Å²) >= 11 is 1.24. The van der Waals surface area contributed by atoms with Gasteiger partial charge >= 0.3 is 0 Å². The zero-order valence-electron chi connectivity index (χ0n) is 18.4. The second kappa shape index (κ2) is 7.95. The molecule has 172 valence electrons. The van der Waals surface area contributed by atoms with E-state index in [1.165, 1.54) is 23.5 Å². The Morgan fingerprint density at radius 2 is 1.85 bits per heavy atom. The maximum absolute atomic E-state index is 13.3. The number of pyridine rings is 1. The minimum absolute atomic E-state index is 0.0262. The van der Waals surface area contributed by atoms with Crippen molar-refractivity contribution in [2.24, 2.45) is 0 Å². The summed E-state index contributed by atoms with van der Waals surface area (Å²) in [6, 6.07) is 6.13. The van der Waals surface area contributed by atoms with Crippen LogP contribution >= 0.6 is 11.3 Å². The number of carbonyl (C=O) groups is 1. The van der Waals surface area contributed by atoms with Gasteiger partial charge in [0.2, 0.25) is 5.43 Å². The van der Waals surface area contributed by atoms with Gasteiger partial charge in [-0.3, -0.25) is 19.3 Å². The van der Waals surface area contributed by atoms with E-state index in [0.717, 1.165) is 31.2 Å². The van der Waals surface area contributed by atoms with Crippen LogP contribution in [0.3, 0.4) is 0 Å². The normalized spacial score (nSPS) is 17.1. The van der Waals surface area contributed by atoms with E-state index in [0.29, 0.717) is 23.0 Å². The lowest BCUT2D eigenvalue weighted by atomic mass is 10.0. The first-order valence-electron chi connectivity index (χ1n) is 11.0. The highest BCUT2D eigenvalue weighted by molar-refractivity contribution is 7.14. The molecule has 33 heavy (non-hydrogen) atoms. The molecule has 1 aromatic carbocycles. The maximum Gasteiger partial charge on any atom is 0.278 e. The van der Waals surface area contributed by atoms with Crippen molar-refractivity contribution in [3.63, 3.8) is 0 Å². The van der Waals surface area contributed by atoms with Gasteiger partial charge in [-0.1, -0.05) is 23.5 Å². The largest absolute Gasteiger partial charge is 0.502 e. The number of carbonyl (C=O) groups excluding carboxylic acids is 1. The van der Waals surface area contributed by atoms with Crippen LogP contribution in [0.15, 0.2) is 35.3 Å². The lowest BCUT2D eigenvalue weighted by Crippen LogP contribution is -2.68. The second-order valence-corrected chi connectivity index (χ2v) is 9.54. The topological polar surface area (TPSA) is 91.6 Å². The van der Waals surface area contributed by atoms with E-state index in [1.54, 1.807) is 27.9 Å². The summed E-state index contributed by atoms with van der Waals surface area (Å²) in [6.07, 6.45) is 5.70. The molecule has 10 heteroatoms. The van der Waals surface area contributed by atoms with Crippen LogP contribution in [0, 0.1) is 5.82 Å². The molecule has 1 spiro atoms. The molecule has 1 fully saturated rings. The fourth-order valence-electron chi connectivity index (χ4n) is 5.05. The molecule has 0 bridgehead atoms. The molecule has 8 nitrogen and oxygen atoms in total. The van der Waals surface area contributed by atoms with Gasteiger partial charge in [0, 0.05) is 26.2 Å². The van der Waals surface area contributed by atoms with Crippen LogP contribution in [0.25, 0.3) is 10.6 Å². The summed E-state index contributed by atoms with van der Waals surface area (Å²) < 4.78 is 14.8. The first-order valence-corrected chi connectivity index (χ1v) is 11.8. The molecule has 0 atom stereocenters. The number of aromatic hydroxyl groups is 1. The van der Waals surface area contributed by atoms with Crippen LogP contribution in [0.1, 0.15) is 53.7 Å². The average Bonchev–Trinajstić information content (AvgIpc) is 3.47. The molecule has 0 unspecified atom stereocenters. The smallest absolute Gasteiger partial charge is 0.278 e. The van der Waals surface area contributed by atoms with E-state index in [9.17, 15) is 19.1 Å². The summed E-state index contributed by atoms with van der Waals surface area (Å²) in [4.78, 5) is 28.1. The standard InChI is InChI=1S/C23H24FN5O3S/c1-3-28-22(32)18-20(31)19(30)16(13-29(18)27(2)23(28)10-4-5-11-23)21-26-25-17(33-21)12-14-6-8-15(24)9-7-14/h6-9,13,31H,3-5,10-12H2,1-2H3. The molecule has 2 aliphatic rings. The zero-order valence-corrected chi connectivity index (χ0v) is 19.2. The van der Waals surface area contributed by atoms with E-state index in [-0.39, 0.29) is 23.0 Å². The minimum atomic E-state index is -0.647. The predicted octanol–water partition coefficient (Wildman–Crippen LogP) is 3.12. The van der Waals surface area contributed by atoms with Gasteiger partial charge in [-0.15, -0.1) is 10.2 Å². The molecule has 1 aliphatic heterocycles. The van der Waals surface area contributed by atoms with Gasteiger partial charge in [-0.2, -0.15) is 0 Å². The van der Waals surface area contributed by atoms with Crippen molar-refractivity contribution in [3.05, 3.63) is 62.8 Å². The molecule has 1 saturated carbocycles. The van der Waals surface area contributed by atoms with Crippen LogP contribution < -0.4 is 10.4 Å². The maximum atomic E-state index is 13.3. The van der Waals surface area contributed by atoms with Gasteiger partial charge in [0.25, 0.3) is 5.91 Å². The molecule has 0 radical (unpaired) electrons. The van der Waals surface area contributed by atoms with Crippen molar-refractivity contribution in [1.82, 2.24) is 19.8 Å². The molecule has 3 heterocycles. The molecule has 1 aliphatic carbocycles. The van der Waals surface area contributed by atoms with Gasteiger partial charge in [-0.25, -0.2) is 4.39 Å². The minimum Gasteiger partial charge on any atom is -0.502 e. The SMILES string of the molecule is CCN1C(=O)c2c(O)c(=O)c(-c3nnc(Cc4ccc(F)cc4)s3)cn2N(C)C12CCCC2. The van der Waals surface area contributed by atoms with Crippen molar-refractivity contribution in [2.45, 2.75) is 44.7 Å². The summed E-state index contributed by atoms with van der Waals surface area (Å²) in [5, 5.41) is 22.1. The quantitative estimate of drug-likeness (QED) is 0.631. The first-order chi connectivity index (χ1) is 15.9. The Morgan fingerprint density at radius 1 is 1.15 bits per heavy atom. The fourth-order valence-corrected chi connectivity index (χ4v) is 5.93. The van der Waals surface area contributed by atoms with Gasteiger partial charge in [0.1, 0.15) is 16.5 Å². The summed E-state index contributed by atoms with van der Waals surface area (Å²) in [6.45, 7) is 2.40. The third-order valence-electron chi connectivity index (χ3n) is 6.73. The Labute approximate surface area is 193 Å². The average molecular weight is 470 g/mol. The van der Waals surface area contributed by atoms with E-state index >= 15 is 0 Å². The number of aromatic nitrogens is 3. The number of amides is 1. The monoisotopic (exact) mass is 469 g/mol. The second-order valence-electron chi connectivity index (χ2n) is 8.48. The van der Waals surface area contributed by atoms with Crippen molar-refractivity contribution in [3.8, 4) is 16.3 Å². The highest BCUT2D eigenvalue weighted by atomic mass is 32.1. The summed E-state index contributed by atoms with van der Waals surface area (Å²) in [7, 11) is 1.89. The Bertz CT molecular complexity index is 1280. The van der Waals surface area contributed by atoms with E-state index in [2.05, 4.69) is 10.2 Å². The number of nitrogens with zero attached hydrogens (tertiary/aromatic N) is 5. The summed E-state index contributed by atoms with van der Waals surface area (Å²) in [5.41, 5.74) is -0.0892. The predicted molar refractivity (Wildman–Crippen MR) is 123 cm³/mol. The van der Waals surface area contributed by atoms with Crippen molar-refractivity contribution < 1.29 is 14.3 Å². The van der Waals surface area contributed by atoms with Crippen LogP contribution in [-0.4, -0.2) is 50.0 Å². The molecule has 1 amide bonds. The summed E-state index contributed by atoms with van der Waals surface area (Å²) in [5.74, 6) is -1.23. The van der Waals surface area contributed by atoms with E-state index in [1.807, 2.05) is 19.0 Å². The zero-order chi connectivity index (χ0) is 23.3. The number of hydrogen-bond donors (Lipinski definition) is 1.